The molecule has 1 nitrogen and oxygen atoms in total. The van der Waals surface area contributed by atoms with Gasteiger partial charge in [0.15, 0.2) is 6.61 Å². The molecule has 0 aliphatic heterocycles. The summed E-state index contributed by atoms with van der Waals surface area (Å²) in [4.78, 5) is 0. The monoisotopic (exact) mass is 154 g/mol. The molecule has 0 aliphatic carbocycles. The summed E-state index contributed by atoms with van der Waals surface area (Å²) < 4.78 is 38.4. The molecule has 0 aliphatic rings. The van der Waals surface area contributed by atoms with Crippen LogP contribution in [0.4, 0.5) is 13.2 Å². The topological polar surface area (TPSA) is 9.23 Å². The maximum Gasteiger partial charge on any atom is 0.422 e. The van der Waals surface area contributed by atoms with Crippen molar-refractivity contribution in [3.63, 3.8) is 0 Å². The number of allylic oxidation sites excluding steroid dienone is 1. The summed E-state index contributed by atoms with van der Waals surface area (Å²) >= 11 is 0. The van der Waals surface area contributed by atoms with Gasteiger partial charge in [-0.3, -0.25) is 0 Å². The summed E-state index contributed by atoms with van der Waals surface area (Å²) in [6.45, 7) is 3.70. The zero-order valence-electron chi connectivity index (χ0n) is 5.66. The molecule has 0 bridgehead atoms. The van der Waals surface area contributed by atoms with Crippen molar-refractivity contribution in [2.45, 2.75) is 19.5 Å². The van der Waals surface area contributed by atoms with E-state index in [2.05, 4.69) is 11.3 Å². The van der Waals surface area contributed by atoms with Crippen molar-refractivity contribution in [3.8, 4) is 0 Å². The van der Waals surface area contributed by atoms with E-state index in [4.69, 9.17) is 0 Å². The first-order valence-corrected chi connectivity index (χ1v) is 2.83. The Morgan fingerprint density at radius 3 is 2.30 bits per heavy atom. The Bertz CT molecular complexity index is 117. The minimum atomic E-state index is -4.25. The summed E-state index contributed by atoms with van der Waals surface area (Å²) in [7, 11) is 0. The largest absolute Gasteiger partial charge is 0.489 e. The molecule has 60 valence electrons. The van der Waals surface area contributed by atoms with Crippen LogP contribution in [0, 0.1) is 0 Å². The van der Waals surface area contributed by atoms with Gasteiger partial charge in [-0.05, 0) is 0 Å². The molecule has 0 N–H and O–H groups in total. The smallest absolute Gasteiger partial charge is 0.422 e. The second-order valence-electron chi connectivity index (χ2n) is 1.80. The molecule has 0 aromatic carbocycles. The van der Waals surface area contributed by atoms with Crippen LogP contribution in [0.1, 0.15) is 13.3 Å². The third-order valence-electron chi connectivity index (χ3n) is 0.834. The average Bonchev–Trinajstić information content (AvgIpc) is 1.81. The normalized spacial score (nSPS) is 11.2. The van der Waals surface area contributed by atoms with E-state index in [9.17, 15) is 13.2 Å². The van der Waals surface area contributed by atoms with E-state index in [1.54, 1.807) is 6.92 Å². The van der Waals surface area contributed by atoms with E-state index in [1.165, 1.54) is 0 Å². The van der Waals surface area contributed by atoms with Crippen molar-refractivity contribution >= 4 is 0 Å². The maximum absolute atomic E-state index is 11.4. The Labute approximate surface area is 57.5 Å². The first-order chi connectivity index (χ1) is 4.45. The van der Waals surface area contributed by atoms with E-state index >= 15 is 0 Å². The van der Waals surface area contributed by atoms with Gasteiger partial charge in [0.05, 0.1) is 5.76 Å². The van der Waals surface area contributed by atoms with Crippen LogP contribution in [0.15, 0.2) is 12.3 Å². The lowest BCUT2D eigenvalue weighted by Gasteiger charge is -2.08. The second kappa shape index (κ2) is 3.49. The van der Waals surface area contributed by atoms with Crippen molar-refractivity contribution in [1.82, 2.24) is 0 Å². The molecule has 0 saturated heterocycles. The van der Waals surface area contributed by atoms with Crippen molar-refractivity contribution < 1.29 is 17.9 Å². The molecule has 0 spiro atoms. The number of halogens is 3. The predicted octanol–water partition coefficient (Wildman–Crippen LogP) is 2.49. The van der Waals surface area contributed by atoms with E-state index in [0.717, 1.165) is 0 Å². The van der Waals surface area contributed by atoms with Gasteiger partial charge in [0.1, 0.15) is 0 Å². The SMILES string of the molecule is C=C(CC)OCC(F)(F)F. The van der Waals surface area contributed by atoms with Crippen LogP contribution in [0.2, 0.25) is 0 Å². The molecule has 0 fully saturated rings. The van der Waals surface area contributed by atoms with Gasteiger partial charge >= 0.3 is 6.18 Å². The average molecular weight is 154 g/mol. The fourth-order valence-corrected chi connectivity index (χ4v) is 0.286. The Morgan fingerprint density at radius 1 is 1.50 bits per heavy atom. The van der Waals surface area contributed by atoms with E-state index in [1.807, 2.05) is 0 Å². The molecule has 0 saturated carbocycles. The summed E-state index contributed by atoms with van der Waals surface area (Å²) in [5, 5.41) is 0. The fourth-order valence-electron chi connectivity index (χ4n) is 0.286. The maximum atomic E-state index is 11.4. The lowest BCUT2D eigenvalue weighted by Crippen LogP contribution is -2.16. The summed E-state index contributed by atoms with van der Waals surface area (Å²) in [6, 6.07) is 0. The van der Waals surface area contributed by atoms with Crippen molar-refractivity contribution in [2.75, 3.05) is 6.61 Å². The highest BCUT2D eigenvalue weighted by Gasteiger charge is 2.28. The molecule has 0 atom stereocenters. The molecule has 4 heteroatoms. The van der Waals surface area contributed by atoms with Crippen LogP contribution < -0.4 is 0 Å². The third-order valence-corrected chi connectivity index (χ3v) is 0.834. The quantitative estimate of drug-likeness (QED) is 0.567. The third kappa shape index (κ3) is 5.47. The zero-order chi connectivity index (χ0) is 8.20. The summed E-state index contributed by atoms with van der Waals surface area (Å²) in [5.41, 5.74) is 0. The minimum absolute atomic E-state index is 0.164. The lowest BCUT2D eigenvalue weighted by molar-refractivity contribution is -0.165. The molecule has 0 aromatic heterocycles. The van der Waals surface area contributed by atoms with Crippen LogP contribution in [0.3, 0.4) is 0 Å². The Balaban J connectivity index is 3.46. The number of hydrogen-bond donors (Lipinski definition) is 0. The molecule has 0 rings (SSSR count). The standard InChI is InChI=1S/C6H9F3O/c1-3-5(2)10-4-6(7,8)9/h2-4H2,1H3. The number of rotatable bonds is 3. The fraction of sp³-hybridized carbons (Fsp3) is 0.667. The Kier molecular flexibility index (Phi) is 3.25. The van der Waals surface area contributed by atoms with Gasteiger partial charge in [0.25, 0.3) is 0 Å². The predicted molar refractivity (Wildman–Crippen MR) is 31.4 cm³/mol. The molecule has 10 heavy (non-hydrogen) atoms. The van der Waals surface area contributed by atoms with Gasteiger partial charge in [0.2, 0.25) is 0 Å². The molecule has 0 aromatic rings. The van der Waals surface area contributed by atoms with Gasteiger partial charge in [0, 0.05) is 6.42 Å². The first-order valence-electron chi connectivity index (χ1n) is 2.83. The Morgan fingerprint density at radius 2 is 2.00 bits per heavy atom. The minimum Gasteiger partial charge on any atom is -0.489 e. The first kappa shape index (κ1) is 9.33. The number of alkyl halides is 3. The van der Waals surface area contributed by atoms with E-state index in [0.29, 0.717) is 6.42 Å². The summed E-state index contributed by atoms with van der Waals surface area (Å²) in [5.74, 6) is 0.164. The van der Waals surface area contributed by atoms with Gasteiger partial charge < -0.3 is 4.74 Å². The van der Waals surface area contributed by atoms with Gasteiger partial charge in [-0.2, -0.15) is 13.2 Å². The molecule has 0 unspecified atom stereocenters. The van der Waals surface area contributed by atoms with Crippen molar-refractivity contribution in [2.24, 2.45) is 0 Å². The van der Waals surface area contributed by atoms with E-state index < -0.39 is 12.8 Å². The highest BCUT2D eigenvalue weighted by Crippen LogP contribution is 2.16. The molecule has 0 radical (unpaired) electrons. The molecular weight excluding hydrogens is 145 g/mol. The molecule has 0 heterocycles. The number of ether oxygens (including phenoxy) is 1. The van der Waals surface area contributed by atoms with E-state index in [-0.39, 0.29) is 5.76 Å². The highest BCUT2D eigenvalue weighted by atomic mass is 19.4. The van der Waals surface area contributed by atoms with Crippen molar-refractivity contribution in [3.05, 3.63) is 12.3 Å². The molecular formula is C6H9F3O. The van der Waals surface area contributed by atoms with Crippen LogP contribution in [0.25, 0.3) is 0 Å². The van der Waals surface area contributed by atoms with Crippen molar-refractivity contribution in [1.29, 1.82) is 0 Å². The lowest BCUT2D eigenvalue weighted by atomic mass is 10.4. The Hall–Kier alpha value is -0.670. The molecule has 0 amide bonds. The van der Waals surface area contributed by atoms with Gasteiger partial charge in [-0.1, -0.05) is 13.5 Å². The van der Waals surface area contributed by atoms with Crippen LogP contribution in [0.5, 0.6) is 0 Å². The summed E-state index contributed by atoms with van der Waals surface area (Å²) in [6.07, 6.45) is -3.84. The highest BCUT2D eigenvalue weighted by molar-refractivity contribution is 4.79. The van der Waals surface area contributed by atoms with Crippen LogP contribution in [-0.4, -0.2) is 12.8 Å². The van der Waals surface area contributed by atoms with Crippen LogP contribution in [-0.2, 0) is 4.74 Å². The van der Waals surface area contributed by atoms with Crippen LogP contribution >= 0.6 is 0 Å². The second-order valence-corrected chi connectivity index (χ2v) is 1.80. The van der Waals surface area contributed by atoms with Gasteiger partial charge in [-0.25, -0.2) is 0 Å². The number of hydrogen-bond acceptors (Lipinski definition) is 1. The zero-order valence-corrected chi connectivity index (χ0v) is 5.66. The van der Waals surface area contributed by atoms with Gasteiger partial charge in [-0.15, -0.1) is 0 Å².